The fraction of sp³-hybridized carbons (Fsp3) is 0.273. The zero-order chi connectivity index (χ0) is 12.3. The Labute approximate surface area is 97.3 Å². The lowest BCUT2D eigenvalue weighted by atomic mass is 10.2. The average Bonchev–Trinajstić information content (AvgIpc) is 2.70. The van der Waals surface area contributed by atoms with E-state index < -0.39 is 11.6 Å². The number of aryl methyl sites for hydroxylation is 1. The molecule has 0 aliphatic heterocycles. The van der Waals surface area contributed by atoms with E-state index in [0.29, 0.717) is 18.7 Å². The molecule has 90 valence electrons. The molecule has 0 saturated heterocycles. The Bertz CT molecular complexity index is 510. The number of nitrogens with zero attached hydrogens (tertiary/aromatic N) is 3. The van der Waals surface area contributed by atoms with E-state index in [-0.39, 0.29) is 0 Å². The van der Waals surface area contributed by atoms with Crippen molar-refractivity contribution in [3.63, 3.8) is 0 Å². The van der Waals surface area contributed by atoms with E-state index in [9.17, 15) is 8.78 Å². The van der Waals surface area contributed by atoms with Gasteiger partial charge in [0.1, 0.15) is 0 Å². The number of nitrogens with one attached hydrogen (secondary N) is 1. The second kappa shape index (κ2) is 5.01. The van der Waals surface area contributed by atoms with Crippen molar-refractivity contribution in [1.82, 2.24) is 20.3 Å². The third-order valence-electron chi connectivity index (χ3n) is 2.27. The Morgan fingerprint density at radius 2 is 2.06 bits per heavy atom. The molecule has 0 spiro atoms. The molecule has 2 aromatic rings. The van der Waals surface area contributed by atoms with Gasteiger partial charge in [0.25, 0.3) is 0 Å². The molecule has 6 heteroatoms. The molecule has 4 nitrogen and oxygen atoms in total. The first kappa shape index (κ1) is 11.7. The van der Waals surface area contributed by atoms with Gasteiger partial charge in [-0.3, -0.25) is 4.68 Å². The fourth-order valence-electron chi connectivity index (χ4n) is 1.46. The number of aromatic nitrogens is 3. The maximum atomic E-state index is 12.9. The Morgan fingerprint density at radius 1 is 1.24 bits per heavy atom. The van der Waals surface area contributed by atoms with Gasteiger partial charge in [0.15, 0.2) is 11.6 Å². The molecule has 0 amide bonds. The number of benzene rings is 1. The van der Waals surface area contributed by atoms with Gasteiger partial charge in [-0.2, -0.15) is 0 Å². The van der Waals surface area contributed by atoms with Crippen LogP contribution in [0.25, 0.3) is 0 Å². The van der Waals surface area contributed by atoms with Gasteiger partial charge in [0.05, 0.1) is 5.69 Å². The van der Waals surface area contributed by atoms with Gasteiger partial charge in [0, 0.05) is 26.3 Å². The second-order valence-corrected chi connectivity index (χ2v) is 3.74. The molecule has 1 aromatic carbocycles. The lowest BCUT2D eigenvalue weighted by Gasteiger charge is -2.03. The van der Waals surface area contributed by atoms with Crippen LogP contribution >= 0.6 is 0 Å². The molecule has 0 radical (unpaired) electrons. The second-order valence-electron chi connectivity index (χ2n) is 3.74. The Balaban J connectivity index is 1.87. The molecular formula is C11H12F2N4. The summed E-state index contributed by atoms with van der Waals surface area (Å²) < 4.78 is 27.2. The first-order valence-electron chi connectivity index (χ1n) is 5.15. The summed E-state index contributed by atoms with van der Waals surface area (Å²) in [6.07, 6.45) is 1.79. The summed E-state index contributed by atoms with van der Waals surface area (Å²) in [6, 6.07) is 3.84. The largest absolute Gasteiger partial charge is 0.307 e. The molecule has 0 bridgehead atoms. The van der Waals surface area contributed by atoms with Gasteiger partial charge in [-0.15, -0.1) is 5.10 Å². The van der Waals surface area contributed by atoms with Crippen LogP contribution in [0.2, 0.25) is 0 Å². The van der Waals surface area contributed by atoms with Gasteiger partial charge >= 0.3 is 0 Å². The van der Waals surface area contributed by atoms with Crippen LogP contribution in [-0.4, -0.2) is 15.0 Å². The Hall–Kier alpha value is -1.82. The number of halogens is 2. The zero-order valence-electron chi connectivity index (χ0n) is 9.32. The van der Waals surface area contributed by atoms with Crippen molar-refractivity contribution in [2.24, 2.45) is 7.05 Å². The number of rotatable bonds is 4. The van der Waals surface area contributed by atoms with Crippen molar-refractivity contribution in [3.05, 3.63) is 47.3 Å². The highest BCUT2D eigenvalue weighted by atomic mass is 19.2. The zero-order valence-corrected chi connectivity index (χ0v) is 9.32. The average molecular weight is 238 g/mol. The predicted molar refractivity (Wildman–Crippen MR) is 57.9 cm³/mol. The molecule has 0 aliphatic rings. The lowest BCUT2D eigenvalue weighted by Crippen LogP contribution is -2.13. The van der Waals surface area contributed by atoms with Gasteiger partial charge < -0.3 is 5.32 Å². The molecule has 0 aliphatic carbocycles. The summed E-state index contributed by atoms with van der Waals surface area (Å²) in [5.41, 5.74) is 1.49. The standard InChI is InChI=1S/C11H12F2N4/c1-17-7-9(15-16-17)6-14-5-8-2-3-10(12)11(13)4-8/h2-4,7,14H,5-6H2,1H3. The van der Waals surface area contributed by atoms with Crippen LogP contribution in [0.3, 0.4) is 0 Å². The molecule has 2 rings (SSSR count). The van der Waals surface area contributed by atoms with E-state index in [1.54, 1.807) is 24.0 Å². The fourth-order valence-corrected chi connectivity index (χ4v) is 1.46. The smallest absolute Gasteiger partial charge is 0.159 e. The summed E-state index contributed by atoms with van der Waals surface area (Å²) in [5.74, 6) is -1.66. The molecule has 1 heterocycles. The van der Waals surface area contributed by atoms with E-state index in [2.05, 4.69) is 15.6 Å². The molecular weight excluding hydrogens is 226 g/mol. The lowest BCUT2D eigenvalue weighted by molar-refractivity contribution is 0.506. The van der Waals surface area contributed by atoms with Gasteiger partial charge in [0.2, 0.25) is 0 Å². The molecule has 0 fully saturated rings. The first-order valence-corrected chi connectivity index (χ1v) is 5.15. The molecule has 0 unspecified atom stereocenters. The van der Waals surface area contributed by atoms with Crippen molar-refractivity contribution in [3.8, 4) is 0 Å². The SMILES string of the molecule is Cn1cc(CNCc2ccc(F)c(F)c2)nn1. The van der Waals surface area contributed by atoms with Crippen LogP contribution in [0.1, 0.15) is 11.3 Å². The minimum absolute atomic E-state index is 0.452. The summed E-state index contributed by atoms with van der Waals surface area (Å²) in [6.45, 7) is 0.987. The third kappa shape index (κ3) is 3.07. The predicted octanol–water partition coefficient (Wildman–Crippen LogP) is 1.38. The normalized spacial score (nSPS) is 10.8. The Kier molecular flexibility index (Phi) is 3.43. The van der Waals surface area contributed by atoms with Gasteiger partial charge in [-0.05, 0) is 17.7 Å². The molecule has 17 heavy (non-hydrogen) atoms. The van der Waals surface area contributed by atoms with Crippen LogP contribution in [0.4, 0.5) is 8.78 Å². The summed E-state index contributed by atoms with van der Waals surface area (Å²) in [5, 5.41) is 10.8. The topological polar surface area (TPSA) is 42.7 Å². The summed E-state index contributed by atoms with van der Waals surface area (Å²) in [7, 11) is 1.78. The van der Waals surface area contributed by atoms with E-state index >= 15 is 0 Å². The van der Waals surface area contributed by atoms with Crippen LogP contribution < -0.4 is 5.32 Å². The minimum Gasteiger partial charge on any atom is -0.307 e. The monoisotopic (exact) mass is 238 g/mol. The summed E-state index contributed by atoms with van der Waals surface area (Å²) in [4.78, 5) is 0. The van der Waals surface area contributed by atoms with E-state index in [1.165, 1.54) is 6.07 Å². The highest BCUT2D eigenvalue weighted by Gasteiger charge is 2.02. The van der Waals surface area contributed by atoms with Crippen molar-refractivity contribution in [2.45, 2.75) is 13.1 Å². The van der Waals surface area contributed by atoms with Crippen LogP contribution in [0, 0.1) is 11.6 Å². The number of hydrogen-bond acceptors (Lipinski definition) is 3. The maximum Gasteiger partial charge on any atom is 0.159 e. The quantitative estimate of drug-likeness (QED) is 0.875. The maximum absolute atomic E-state index is 12.9. The Morgan fingerprint density at radius 3 is 2.71 bits per heavy atom. The van der Waals surface area contributed by atoms with Crippen LogP contribution in [0.5, 0.6) is 0 Å². The van der Waals surface area contributed by atoms with Crippen molar-refractivity contribution in [1.29, 1.82) is 0 Å². The molecule has 0 atom stereocenters. The minimum atomic E-state index is -0.831. The van der Waals surface area contributed by atoms with Gasteiger partial charge in [-0.25, -0.2) is 8.78 Å². The van der Waals surface area contributed by atoms with E-state index in [4.69, 9.17) is 0 Å². The van der Waals surface area contributed by atoms with E-state index in [0.717, 1.165) is 11.8 Å². The third-order valence-corrected chi connectivity index (χ3v) is 2.27. The summed E-state index contributed by atoms with van der Waals surface area (Å²) >= 11 is 0. The molecule has 1 aromatic heterocycles. The van der Waals surface area contributed by atoms with E-state index in [1.807, 2.05) is 0 Å². The molecule has 0 saturated carbocycles. The number of hydrogen-bond donors (Lipinski definition) is 1. The molecule has 1 N–H and O–H groups in total. The van der Waals surface area contributed by atoms with Crippen LogP contribution in [-0.2, 0) is 20.1 Å². The van der Waals surface area contributed by atoms with Crippen LogP contribution in [0.15, 0.2) is 24.4 Å². The highest BCUT2D eigenvalue weighted by Crippen LogP contribution is 2.08. The van der Waals surface area contributed by atoms with Gasteiger partial charge in [-0.1, -0.05) is 11.3 Å². The highest BCUT2D eigenvalue weighted by molar-refractivity contribution is 5.17. The van der Waals surface area contributed by atoms with Crippen molar-refractivity contribution >= 4 is 0 Å². The van der Waals surface area contributed by atoms with Crippen molar-refractivity contribution < 1.29 is 8.78 Å². The first-order chi connectivity index (χ1) is 8.15. The van der Waals surface area contributed by atoms with Crippen molar-refractivity contribution in [2.75, 3.05) is 0 Å².